The Labute approximate surface area is 189 Å². The molecular formula is C19H23ClN2O5S3. The average molecular weight is 491 g/mol. The van der Waals surface area contributed by atoms with Crippen LogP contribution in [0.25, 0.3) is 0 Å². The van der Waals surface area contributed by atoms with Gasteiger partial charge in [0.15, 0.2) is 0 Å². The molecule has 3 heterocycles. The monoisotopic (exact) mass is 490 g/mol. The van der Waals surface area contributed by atoms with Crippen LogP contribution >= 0.6 is 34.3 Å². The van der Waals surface area contributed by atoms with Gasteiger partial charge in [-0.15, -0.1) is 22.7 Å². The number of hydrogen-bond acceptors (Lipinski definition) is 7. The molecule has 1 unspecified atom stereocenters. The highest BCUT2D eigenvalue weighted by Crippen LogP contribution is 2.35. The van der Waals surface area contributed by atoms with E-state index in [1.54, 1.807) is 13.0 Å². The smallest absolute Gasteiger partial charge is 0.341 e. The number of thiophene rings is 2. The molecule has 1 atom stereocenters. The Balaban J connectivity index is 1.77. The van der Waals surface area contributed by atoms with E-state index in [4.69, 9.17) is 16.3 Å². The summed E-state index contributed by atoms with van der Waals surface area (Å²) in [6.45, 7) is 6.09. The van der Waals surface area contributed by atoms with E-state index in [2.05, 4.69) is 5.32 Å². The maximum absolute atomic E-state index is 12.9. The molecule has 0 bridgehead atoms. The minimum Gasteiger partial charge on any atom is -0.462 e. The van der Waals surface area contributed by atoms with Crippen LogP contribution in [-0.2, 0) is 19.6 Å². The Morgan fingerprint density at radius 1 is 1.30 bits per heavy atom. The summed E-state index contributed by atoms with van der Waals surface area (Å²) in [4.78, 5) is 26.2. The number of piperidine rings is 1. The number of nitrogens with zero attached hydrogens (tertiary/aromatic N) is 1. The highest BCUT2D eigenvalue weighted by molar-refractivity contribution is 7.91. The Hall–Kier alpha value is -1.46. The van der Waals surface area contributed by atoms with Gasteiger partial charge in [-0.2, -0.15) is 4.31 Å². The van der Waals surface area contributed by atoms with Crippen molar-refractivity contribution in [2.45, 2.75) is 37.8 Å². The lowest BCUT2D eigenvalue weighted by Gasteiger charge is -2.30. The molecule has 2 aromatic heterocycles. The molecule has 1 N–H and O–H groups in total. The molecule has 164 valence electrons. The molecule has 11 heteroatoms. The fraction of sp³-hybridized carbons (Fsp3) is 0.474. The summed E-state index contributed by atoms with van der Waals surface area (Å²) < 4.78 is 32.8. The van der Waals surface area contributed by atoms with Crippen LogP contribution in [0, 0.1) is 19.8 Å². The Bertz CT molecular complexity index is 1060. The predicted molar refractivity (Wildman–Crippen MR) is 119 cm³/mol. The van der Waals surface area contributed by atoms with E-state index in [0.717, 1.165) is 21.8 Å². The molecule has 1 aliphatic heterocycles. The fourth-order valence-electron chi connectivity index (χ4n) is 3.32. The molecule has 0 aliphatic carbocycles. The van der Waals surface area contributed by atoms with Gasteiger partial charge in [0.1, 0.15) is 9.21 Å². The number of aryl methyl sites for hydroxylation is 1. The Kier molecular flexibility index (Phi) is 7.24. The van der Waals surface area contributed by atoms with Crippen molar-refractivity contribution in [2.75, 3.05) is 25.0 Å². The topological polar surface area (TPSA) is 92.8 Å². The lowest BCUT2D eigenvalue weighted by atomic mass is 9.99. The molecule has 1 aliphatic rings. The van der Waals surface area contributed by atoms with Crippen molar-refractivity contribution in [2.24, 2.45) is 5.92 Å². The highest BCUT2D eigenvalue weighted by Gasteiger charge is 2.35. The zero-order valence-corrected chi connectivity index (χ0v) is 20.1. The van der Waals surface area contributed by atoms with Gasteiger partial charge in [-0.3, -0.25) is 4.79 Å². The van der Waals surface area contributed by atoms with Crippen LogP contribution < -0.4 is 5.32 Å². The summed E-state index contributed by atoms with van der Waals surface area (Å²) in [5.74, 6) is -1.29. The number of halogens is 1. The number of sulfonamides is 1. The summed E-state index contributed by atoms with van der Waals surface area (Å²) in [5, 5.41) is 3.28. The van der Waals surface area contributed by atoms with E-state index in [1.807, 2.05) is 13.8 Å². The first-order chi connectivity index (χ1) is 14.1. The standard InChI is InChI=1S/C19H23ClN2O5S3/c1-4-27-19(24)16-11(2)12(3)28-18(16)21-17(23)13-6-5-9-22(10-13)30(25,26)15-8-7-14(20)29-15/h7-8,13H,4-6,9-10H2,1-3H3,(H,21,23). The van der Waals surface area contributed by atoms with Gasteiger partial charge in [0.2, 0.25) is 5.91 Å². The van der Waals surface area contributed by atoms with Gasteiger partial charge < -0.3 is 10.1 Å². The van der Waals surface area contributed by atoms with Crippen molar-refractivity contribution >= 4 is 61.2 Å². The number of carbonyl (C=O) groups excluding carboxylic acids is 2. The van der Waals surface area contributed by atoms with Gasteiger partial charge in [0.25, 0.3) is 10.0 Å². The number of amides is 1. The second kappa shape index (κ2) is 9.35. The fourth-order valence-corrected chi connectivity index (χ4v) is 7.53. The van der Waals surface area contributed by atoms with E-state index in [-0.39, 0.29) is 23.3 Å². The lowest BCUT2D eigenvalue weighted by molar-refractivity contribution is -0.120. The summed E-state index contributed by atoms with van der Waals surface area (Å²) in [6, 6.07) is 3.03. The third-order valence-electron chi connectivity index (χ3n) is 5.00. The van der Waals surface area contributed by atoms with Crippen molar-refractivity contribution in [1.29, 1.82) is 0 Å². The van der Waals surface area contributed by atoms with Gasteiger partial charge in [-0.05, 0) is 51.3 Å². The third-order valence-corrected chi connectivity index (χ3v) is 9.69. The van der Waals surface area contributed by atoms with Crippen LogP contribution in [0.4, 0.5) is 5.00 Å². The van der Waals surface area contributed by atoms with Crippen molar-refractivity contribution in [3.05, 3.63) is 32.5 Å². The molecule has 0 aromatic carbocycles. The van der Waals surface area contributed by atoms with Gasteiger partial charge in [0, 0.05) is 18.0 Å². The van der Waals surface area contributed by atoms with E-state index >= 15 is 0 Å². The SMILES string of the molecule is CCOC(=O)c1c(NC(=O)C2CCCN(S(=O)(=O)c3ccc(Cl)s3)C2)sc(C)c1C. The Morgan fingerprint density at radius 2 is 2.03 bits per heavy atom. The van der Waals surface area contributed by atoms with E-state index < -0.39 is 21.9 Å². The van der Waals surface area contributed by atoms with Crippen LogP contribution in [0.15, 0.2) is 16.3 Å². The predicted octanol–water partition coefficient (Wildman–Crippen LogP) is 4.30. The Morgan fingerprint density at radius 3 is 2.67 bits per heavy atom. The third kappa shape index (κ3) is 4.72. The molecule has 1 saturated heterocycles. The zero-order chi connectivity index (χ0) is 22.1. The highest BCUT2D eigenvalue weighted by atomic mass is 35.5. The molecule has 1 amide bonds. The summed E-state index contributed by atoms with van der Waals surface area (Å²) in [6.07, 6.45) is 1.14. The first-order valence-electron chi connectivity index (χ1n) is 9.48. The largest absolute Gasteiger partial charge is 0.462 e. The van der Waals surface area contributed by atoms with Gasteiger partial charge in [-0.25, -0.2) is 13.2 Å². The molecule has 0 saturated carbocycles. The van der Waals surface area contributed by atoms with Crippen LogP contribution in [0.5, 0.6) is 0 Å². The molecule has 1 fully saturated rings. The van der Waals surface area contributed by atoms with Crippen LogP contribution in [0.1, 0.15) is 40.6 Å². The van der Waals surface area contributed by atoms with Crippen LogP contribution in [-0.4, -0.2) is 44.3 Å². The minimum atomic E-state index is -3.70. The van der Waals surface area contributed by atoms with Crippen molar-refractivity contribution < 1.29 is 22.7 Å². The van der Waals surface area contributed by atoms with E-state index in [1.165, 1.54) is 21.7 Å². The number of ether oxygens (including phenoxy) is 1. The lowest BCUT2D eigenvalue weighted by Crippen LogP contribution is -2.43. The van der Waals surface area contributed by atoms with Crippen LogP contribution in [0.3, 0.4) is 0 Å². The summed E-state index contributed by atoms with van der Waals surface area (Å²) in [5.41, 5.74) is 1.14. The maximum Gasteiger partial charge on any atom is 0.341 e. The zero-order valence-electron chi connectivity index (χ0n) is 16.9. The van der Waals surface area contributed by atoms with Gasteiger partial charge >= 0.3 is 5.97 Å². The molecule has 7 nitrogen and oxygen atoms in total. The van der Waals surface area contributed by atoms with Gasteiger partial charge in [-0.1, -0.05) is 11.6 Å². The van der Waals surface area contributed by atoms with Crippen molar-refractivity contribution in [3.63, 3.8) is 0 Å². The number of anilines is 1. The van der Waals surface area contributed by atoms with Gasteiger partial charge in [0.05, 0.1) is 22.4 Å². The number of rotatable bonds is 6. The molecular weight excluding hydrogens is 468 g/mol. The molecule has 0 spiro atoms. The summed E-state index contributed by atoms with van der Waals surface area (Å²) in [7, 11) is -3.70. The maximum atomic E-state index is 12.9. The van der Waals surface area contributed by atoms with Crippen LogP contribution in [0.2, 0.25) is 4.34 Å². The first kappa shape index (κ1) is 23.2. The molecule has 2 aromatic rings. The second-order valence-electron chi connectivity index (χ2n) is 6.96. The first-order valence-corrected chi connectivity index (χ1v) is 12.9. The van der Waals surface area contributed by atoms with E-state index in [0.29, 0.717) is 34.3 Å². The molecule has 3 rings (SSSR count). The number of carbonyl (C=O) groups is 2. The number of hydrogen-bond donors (Lipinski definition) is 1. The molecule has 30 heavy (non-hydrogen) atoms. The van der Waals surface area contributed by atoms with Crippen molar-refractivity contribution in [1.82, 2.24) is 4.31 Å². The average Bonchev–Trinajstić information content (AvgIpc) is 3.26. The quantitative estimate of drug-likeness (QED) is 0.609. The molecule has 0 radical (unpaired) electrons. The summed E-state index contributed by atoms with van der Waals surface area (Å²) >= 11 is 8.20. The number of esters is 1. The second-order valence-corrected chi connectivity index (χ2v) is 12.1. The normalized spacial score (nSPS) is 17.7. The van der Waals surface area contributed by atoms with Crippen molar-refractivity contribution in [3.8, 4) is 0 Å². The number of nitrogens with one attached hydrogen (secondary N) is 1. The van der Waals surface area contributed by atoms with E-state index in [9.17, 15) is 18.0 Å². The minimum absolute atomic E-state index is 0.0851.